The smallest absolute Gasteiger partial charge is 0.303 e. The molecule has 0 aliphatic carbocycles. The first-order valence-corrected chi connectivity index (χ1v) is 11.5. The van der Waals surface area contributed by atoms with Gasteiger partial charge in [0.1, 0.15) is 0 Å². The van der Waals surface area contributed by atoms with Crippen molar-refractivity contribution in [2.75, 3.05) is 0 Å². The van der Waals surface area contributed by atoms with Gasteiger partial charge < -0.3 is 5.11 Å². The van der Waals surface area contributed by atoms with Crippen LogP contribution in [0.25, 0.3) is 21.1 Å². The number of thiazole rings is 1. The Kier molecular flexibility index (Phi) is 5.10. The lowest BCUT2D eigenvalue weighted by Gasteiger charge is -2.12. The Bertz CT molecular complexity index is 1360. The lowest BCUT2D eigenvalue weighted by molar-refractivity contribution is -0.137. The minimum absolute atomic E-state index is 0.0353. The Hall–Kier alpha value is -2.42. The second kappa shape index (κ2) is 7.44. The number of carboxylic acid groups (broad SMARTS) is 1. The van der Waals surface area contributed by atoms with Gasteiger partial charge in [-0.1, -0.05) is 11.6 Å². The predicted octanol–water partition coefficient (Wildman–Crippen LogP) is 4.86. The Labute approximate surface area is 176 Å². The van der Waals surface area contributed by atoms with Crippen LogP contribution in [-0.4, -0.2) is 28.5 Å². The summed E-state index contributed by atoms with van der Waals surface area (Å²) >= 11 is 7.59. The topological polar surface area (TPSA) is 89.3 Å². The first-order chi connectivity index (χ1) is 13.8. The summed E-state index contributed by atoms with van der Waals surface area (Å²) in [5.74, 6) is -0.914. The number of aromatic nitrogens is 2. The number of hydrogen-bond donors (Lipinski definition) is 1. The number of fused-ring (bicyclic) bond motifs is 2. The zero-order valence-corrected chi connectivity index (χ0v) is 17.8. The molecule has 2 aromatic heterocycles. The van der Waals surface area contributed by atoms with E-state index in [0.29, 0.717) is 40.0 Å². The number of aryl methyl sites for hydroxylation is 2. The standard InChI is InChI=1S/C20H17ClN2O4S2/c1-12-22-17-11-16(6-8-19(17)28-12)29(26,27)23-15(3-2-4-20(24)25)10-13-9-14(21)5-7-18(13)23/h5-11H,2-4H2,1H3,(H,24,25). The highest BCUT2D eigenvalue weighted by Crippen LogP contribution is 2.31. The van der Waals surface area contributed by atoms with Crippen LogP contribution in [0.4, 0.5) is 0 Å². The fraction of sp³-hybridized carbons (Fsp3) is 0.200. The number of benzene rings is 2. The van der Waals surface area contributed by atoms with Crippen molar-refractivity contribution in [3.8, 4) is 0 Å². The molecule has 150 valence electrons. The fourth-order valence-electron chi connectivity index (χ4n) is 3.39. The van der Waals surface area contributed by atoms with Gasteiger partial charge in [0.05, 0.1) is 25.6 Å². The van der Waals surface area contributed by atoms with Crippen LogP contribution in [0.15, 0.2) is 47.4 Å². The second-order valence-electron chi connectivity index (χ2n) is 6.72. The summed E-state index contributed by atoms with van der Waals surface area (Å²) in [6, 6.07) is 11.7. The molecule has 0 amide bonds. The van der Waals surface area contributed by atoms with Crippen molar-refractivity contribution in [1.82, 2.24) is 8.96 Å². The van der Waals surface area contributed by atoms with E-state index in [9.17, 15) is 13.2 Å². The Balaban J connectivity index is 1.87. The third-order valence-corrected chi connectivity index (χ3v) is 7.57. The highest BCUT2D eigenvalue weighted by atomic mass is 35.5. The highest BCUT2D eigenvalue weighted by molar-refractivity contribution is 7.90. The summed E-state index contributed by atoms with van der Waals surface area (Å²) in [5.41, 5.74) is 1.67. The van der Waals surface area contributed by atoms with E-state index in [1.807, 2.05) is 6.92 Å². The molecule has 0 bridgehead atoms. The van der Waals surface area contributed by atoms with Crippen molar-refractivity contribution in [2.45, 2.75) is 31.1 Å². The van der Waals surface area contributed by atoms with E-state index >= 15 is 0 Å². The number of carbonyl (C=O) groups is 1. The zero-order valence-electron chi connectivity index (χ0n) is 15.4. The zero-order chi connectivity index (χ0) is 20.8. The monoisotopic (exact) mass is 448 g/mol. The van der Waals surface area contributed by atoms with E-state index in [1.165, 1.54) is 15.3 Å². The molecule has 0 saturated heterocycles. The summed E-state index contributed by atoms with van der Waals surface area (Å²) in [5, 5.41) is 11.0. The number of carboxylic acids is 1. The van der Waals surface area contributed by atoms with Crippen molar-refractivity contribution in [2.24, 2.45) is 0 Å². The van der Waals surface area contributed by atoms with E-state index in [0.717, 1.165) is 9.71 Å². The Morgan fingerprint density at radius 1 is 1.21 bits per heavy atom. The van der Waals surface area contributed by atoms with Crippen molar-refractivity contribution >= 4 is 60.0 Å². The lowest BCUT2D eigenvalue weighted by Crippen LogP contribution is -2.16. The van der Waals surface area contributed by atoms with Gasteiger partial charge in [-0.2, -0.15) is 0 Å². The molecule has 0 spiro atoms. The van der Waals surface area contributed by atoms with Crippen LogP contribution in [0, 0.1) is 6.92 Å². The number of hydrogen-bond acceptors (Lipinski definition) is 5. The maximum Gasteiger partial charge on any atom is 0.303 e. The van der Waals surface area contributed by atoms with E-state index in [-0.39, 0.29) is 11.3 Å². The van der Waals surface area contributed by atoms with Gasteiger partial charge in [0.2, 0.25) is 0 Å². The van der Waals surface area contributed by atoms with E-state index < -0.39 is 16.0 Å². The fourth-order valence-corrected chi connectivity index (χ4v) is 5.96. The predicted molar refractivity (Wildman–Crippen MR) is 114 cm³/mol. The third-order valence-electron chi connectivity index (χ3n) is 4.62. The van der Waals surface area contributed by atoms with Crippen molar-refractivity contribution in [1.29, 1.82) is 0 Å². The molecule has 0 radical (unpaired) electrons. The second-order valence-corrected chi connectivity index (χ2v) is 10.2. The van der Waals surface area contributed by atoms with E-state index in [4.69, 9.17) is 16.7 Å². The maximum absolute atomic E-state index is 13.6. The average Bonchev–Trinajstić information content (AvgIpc) is 3.19. The molecule has 2 heterocycles. The molecule has 0 fully saturated rings. The molecule has 29 heavy (non-hydrogen) atoms. The van der Waals surface area contributed by atoms with Crippen LogP contribution < -0.4 is 0 Å². The maximum atomic E-state index is 13.6. The summed E-state index contributed by atoms with van der Waals surface area (Å²) in [4.78, 5) is 15.4. The third kappa shape index (κ3) is 3.75. The molecule has 0 unspecified atom stereocenters. The molecular weight excluding hydrogens is 432 g/mol. The van der Waals surface area contributed by atoms with Crippen LogP contribution >= 0.6 is 22.9 Å². The summed E-state index contributed by atoms with van der Waals surface area (Å²) in [6.07, 6.45) is 0.613. The molecule has 1 N–H and O–H groups in total. The molecule has 2 aromatic carbocycles. The number of aliphatic carboxylic acids is 1. The molecule has 0 atom stereocenters. The van der Waals surface area contributed by atoms with Gasteiger partial charge in [-0.05, 0) is 62.2 Å². The van der Waals surface area contributed by atoms with Crippen molar-refractivity contribution in [3.05, 3.63) is 58.2 Å². The van der Waals surface area contributed by atoms with Crippen LogP contribution in [0.1, 0.15) is 23.5 Å². The first-order valence-electron chi connectivity index (χ1n) is 8.90. The molecule has 4 aromatic rings. The molecule has 0 aliphatic rings. The molecule has 0 aliphatic heterocycles. The van der Waals surface area contributed by atoms with Gasteiger partial charge in [-0.3, -0.25) is 4.79 Å². The SMILES string of the molecule is Cc1nc2cc(S(=O)(=O)n3c(CCCC(=O)O)cc4cc(Cl)ccc43)ccc2s1. The molecule has 6 nitrogen and oxygen atoms in total. The van der Waals surface area contributed by atoms with Crippen molar-refractivity contribution in [3.63, 3.8) is 0 Å². The Morgan fingerprint density at radius 3 is 2.76 bits per heavy atom. The van der Waals surface area contributed by atoms with Gasteiger partial charge in [0.25, 0.3) is 10.0 Å². The van der Waals surface area contributed by atoms with Crippen LogP contribution in [0.5, 0.6) is 0 Å². The molecule has 0 saturated carbocycles. The van der Waals surface area contributed by atoms with E-state index in [2.05, 4.69) is 4.98 Å². The number of rotatable bonds is 6. The molecule has 4 rings (SSSR count). The van der Waals surface area contributed by atoms with Gasteiger partial charge in [-0.15, -0.1) is 11.3 Å². The quantitative estimate of drug-likeness (QED) is 0.455. The summed E-state index contributed by atoms with van der Waals surface area (Å²) < 4.78 is 29.3. The molecular formula is C20H17ClN2O4S2. The van der Waals surface area contributed by atoms with Crippen LogP contribution in [0.3, 0.4) is 0 Å². The summed E-state index contributed by atoms with van der Waals surface area (Å²) in [6.45, 7) is 1.88. The van der Waals surface area contributed by atoms with Gasteiger partial charge >= 0.3 is 5.97 Å². The molecule has 9 heteroatoms. The largest absolute Gasteiger partial charge is 0.481 e. The van der Waals surface area contributed by atoms with Crippen LogP contribution in [-0.2, 0) is 21.2 Å². The normalized spacial score (nSPS) is 12.1. The van der Waals surface area contributed by atoms with Crippen molar-refractivity contribution < 1.29 is 18.3 Å². The minimum atomic E-state index is -3.91. The summed E-state index contributed by atoms with van der Waals surface area (Å²) in [7, 11) is -3.91. The Morgan fingerprint density at radius 2 is 2.00 bits per heavy atom. The average molecular weight is 449 g/mol. The number of halogens is 1. The number of nitrogens with zero attached hydrogens (tertiary/aromatic N) is 2. The minimum Gasteiger partial charge on any atom is -0.481 e. The lowest BCUT2D eigenvalue weighted by atomic mass is 10.2. The van der Waals surface area contributed by atoms with Gasteiger partial charge in [0, 0.05) is 22.5 Å². The van der Waals surface area contributed by atoms with Gasteiger partial charge in [0.15, 0.2) is 0 Å². The highest BCUT2D eigenvalue weighted by Gasteiger charge is 2.24. The van der Waals surface area contributed by atoms with Crippen LogP contribution in [0.2, 0.25) is 5.02 Å². The van der Waals surface area contributed by atoms with Gasteiger partial charge in [-0.25, -0.2) is 17.4 Å². The first kappa shape index (κ1) is 19.9. The van der Waals surface area contributed by atoms with E-state index in [1.54, 1.807) is 42.5 Å².